The van der Waals surface area contributed by atoms with Crippen LogP contribution in [0.25, 0.3) is 0 Å². The lowest BCUT2D eigenvalue weighted by atomic mass is 10.2. The lowest BCUT2D eigenvalue weighted by Gasteiger charge is -2.24. The third-order valence-electron chi connectivity index (χ3n) is 4.87. The van der Waals surface area contributed by atoms with Gasteiger partial charge in [0.25, 0.3) is 10.0 Å². The number of sulfonamides is 1. The molecule has 3 rings (SSSR count). The smallest absolute Gasteiger partial charge is 0.262 e. The van der Waals surface area contributed by atoms with Gasteiger partial charge in [-0.2, -0.15) is 4.31 Å². The number of imidazole rings is 1. The Labute approximate surface area is 177 Å². The van der Waals surface area contributed by atoms with E-state index in [1.165, 1.54) is 21.4 Å². The number of aromatic nitrogens is 2. The number of methoxy groups -OCH3 is 1. The van der Waals surface area contributed by atoms with Crippen LogP contribution in [0.3, 0.4) is 0 Å². The van der Waals surface area contributed by atoms with Gasteiger partial charge in [-0.15, -0.1) is 0 Å². The van der Waals surface area contributed by atoms with Gasteiger partial charge in [0, 0.05) is 25.8 Å². The standard InChI is InChI=1S/C20H28N4O5S/c1-3-29-17-8-7-16(11-18(17)28-2)12-21-19(25)13-23-14-20(22-15-23)30(26,27)24-9-5-4-6-10-24/h7-8,11,14-15H,3-6,9-10,12-13H2,1-2H3,(H,21,25). The normalized spacial score (nSPS) is 15.0. The minimum absolute atomic E-state index is 0.0172. The summed E-state index contributed by atoms with van der Waals surface area (Å²) in [5, 5.41) is 2.80. The van der Waals surface area contributed by atoms with Crippen molar-refractivity contribution < 1.29 is 22.7 Å². The molecule has 2 aromatic rings. The Hall–Kier alpha value is -2.59. The number of ether oxygens (including phenoxy) is 2. The number of hydrogen-bond donors (Lipinski definition) is 1. The monoisotopic (exact) mass is 436 g/mol. The molecule has 164 valence electrons. The van der Waals surface area contributed by atoms with Gasteiger partial charge < -0.3 is 19.4 Å². The first-order valence-electron chi connectivity index (χ1n) is 10.0. The zero-order valence-electron chi connectivity index (χ0n) is 17.3. The highest BCUT2D eigenvalue weighted by molar-refractivity contribution is 7.89. The Bertz CT molecular complexity index is 967. The van der Waals surface area contributed by atoms with Crippen LogP contribution in [0.15, 0.2) is 35.7 Å². The summed E-state index contributed by atoms with van der Waals surface area (Å²) >= 11 is 0. The van der Waals surface area contributed by atoms with Gasteiger partial charge in [-0.25, -0.2) is 13.4 Å². The van der Waals surface area contributed by atoms with Crippen LogP contribution in [0.5, 0.6) is 11.5 Å². The molecule has 30 heavy (non-hydrogen) atoms. The van der Waals surface area contributed by atoms with E-state index in [-0.39, 0.29) is 17.5 Å². The quantitative estimate of drug-likeness (QED) is 0.643. The van der Waals surface area contributed by atoms with Gasteiger partial charge in [0.2, 0.25) is 5.91 Å². The van der Waals surface area contributed by atoms with Crippen LogP contribution in [0.2, 0.25) is 0 Å². The van der Waals surface area contributed by atoms with Gasteiger partial charge in [0.15, 0.2) is 16.5 Å². The third kappa shape index (κ3) is 5.31. The van der Waals surface area contributed by atoms with Crippen molar-refractivity contribution in [2.75, 3.05) is 26.8 Å². The molecule has 1 aliphatic rings. The minimum Gasteiger partial charge on any atom is -0.493 e. The second-order valence-electron chi connectivity index (χ2n) is 7.04. The molecule has 0 radical (unpaired) electrons. The maximum atomic E-state index is 12.7. The van der Waals surface area contributed by atoms with Crippen molar-refractivity contribution in [3.63, 3.8) is 0 Å². The lowest BCUT2D eigenvalue weighted by Crippen LogP contribution is -2.35. The average Bonchev–Trinajstić information content (AvgIpc) is 3.23. The fraction of sp³-hybridized carbons (Fsp3) is 0.500. The molecule has 10 heteroatoms. The van der Waals surface area contributed by atoms with Crippen molar-refractivity contribution >= 4 is 15.9 Å². The van der Waals surface area contributed by atoms with Crippen LogP contribution in [-0.4, -0.2) is 55.0 Å². The number of carbonyl (C=O) groups is 1. The summed E-state index contributed by atoms with van der Waals surface area (Å²) < 4.78 is 39.1. The summed E-state index contributed by atoms with van der Waals surface area (Å²) in [6.45, 7) is 3.76. The second kappa shape index (κ2) is 9.94. The van der Waals surface area contributed by atoms with Crippen molar-refractivity contribution in [3.05, 3.63) is 36.3 Å². The summed E-state index contributed by atoms with van der Waals surface area (Å²) in [5.41, 5.74) is 0.864. The van der Waals surface area contributed by atoms with E-state index in [4.69, 9.17) is 9.47 Å². The molecule has 0 unspecified atom stereocenters. The number of piperidine rings is 1. The Morgan fingerprint density at radius 2 is 1.97 bits per heavy atom. The van der Waals surface area contributed by atoms with E-state index < -0.39 is 10.0 Å². The summed E-state index contributed by atoms with van der Waals surface area (Å²) in [6, 6.07) is 5.47. The number of carbonyl (C=O) groups excluding carboxylic acids is 1. The van der Waals surface area contributed by atoms with Crippen molar-refractivity contribution in [1.82, 2.24) is 19.2 Å². The number of benzene rings is 1. The van der Waals surface area contributed by atoms with E-state index >= 15 is 0 Å². The van der Waals surface area contributed by atoms with E-state index in [2.05, 4.69) is 10.3 Å². The molecule has 1 saturated heterocycles. The molecule has 1 aromatic carbocycles. The molecule has 0 bridgehead atoms. The van der Waals surface area contributed by atoms with Gasteiger partial charge >= 0.3 is 0 Å². The van der Waals surface area contributed by atoms with E-state index in [1.807, 2.05) is 19.1 Å². The van der Waals surface area contributed by atoms with E-state index in [1.54, 1.807) is 13.2 Å². The van der Waals surface area contributed by atoms with Crippen LogP contribution < -0.4 is 14.8 Å². The lowest BCUT2D eigenvalue weighted by molar-refractivity contribution is -0.121. The number of amides is 1. The molecule has 0 saturated carbocycles. The van der Waals surface area contributed by atoms with Gasteiger partial charge in [-0.05, 0) is 37.5 Å². The van der Waals surface area contributed by atoms with Crippen molar-refractivity contribution in [2.45, 2.75) is 44.3 Å². The highest BCUT2D eigenvalue weighted by atomic mass is 32.2. The van der Waals surface area contributed by atoms with Gasteiger partial charge in [0.1, 0.15) is 6.54 Å². The Morgan fingerprint density at radius 1 is 1.20 bits per heavy atom. The molecular formula is C20H28N4O5S. The van der Waals surface area contributed by atoms with Crippen LogP contribution in [-0.2, 0) is 27.9 Å². The zero-order chi connectivity index (χ0) is 21.6. The first kappa shape index (κ1) is 22.1. The average molecular weight is 437 g/mol. The fourth-order valence-corrected chi connectivity index (χ4v) is 4.77. The number of rotatable bonds is 9. The first-order chi connectivity index (χ1) is 14.4. The predicted molar refractivity (Wildman–Crippen MR) is 111 cm³/mol. The molecule has 0 spiro atoms. The summed E-state index contributed by atoms with van der Waals surface area (Å²) in [7, 11) is -2.04. The zero-order valence-corrected chi connectivity index (χ0v) is 18.2. The predicted octanol–water partition coefficient (Wildman–Crippen LogP) is 1.78. The number of nitrogens with one attached hydrogen (secondary N) is 1. The molecule has 0 aliphatic carbocycles. The van der Waals surface area contributed by atoms with Gasteiger partial charge in [0.05, 0.1) is 20.0 Å². The van der Waals surface area contributed by atoms with Gasteiger partial charge in [-0.3, -0.25) is 4.79 Å². The van der Waals surface area contributed by atoms with Gasteiger partial charge in [-0.1, -0.05) is 12.5 Å². The molecule has 1 N–H and O–H groups in total. The van der Waals surface area contributed by atoms with E-state index in [0.29, 0.717) is 37.7 Å². The first-order valence-corrected chi connectivity index (χ1v) is 11.5. The van der Waals surface area contributed by atoms with Crippen LogP contribution in [0, 0.1) is 0 Å². The molecule has 1 aromatic heterocycles. The molecule has 2 heterocycles. The number of hydrogen-bond acceptors (Lipinski definition) is 6. The Kier molecular flexibility index (Phi) is 7.33. The van der Waals surface area contributed by atoms with Crippen molar-refractivity contribution in [3.8, 4) is 11.5 Å². The third-order valence-corrected chi connectivity index (χ3v) is 6.66. The van der Waals surface area contributed by atoms with Crippen molar-refractivity contribution in [1.29, 1.82) is 0 Å². The molecular weight excluding hydrogens is 408 g/mol. The van der Waals surface area contributed by atoms with Crippen LogP contribution >= 0.6 is 0 Å². The minimum atomic E-state index is -3.60. The highest BCUT2D eigenvalue weighted by Crippen LogP contribution is 2.28. The van der Waals surface area contributed by atoms with Crippen LogP contribution in [0.1, 0.15) is 31.7 Å². The van der Waals surface area contributed by atoms with E-state index in [0.717, 1.165) is 24.8 Å². The largest absolute Gasteiger partial charge is 0.493 e. The maximum Gasteiger partial charge on any atom is 0.262 e. The molecule has 9 nitrogen and oxygen atoms in total. The second-order valence-corrected chi connectivity index (χ2v) is 8.93. The molecule has 1 amide bonds. The molecule has 0 atom stereocenters. The summed E-state index contributed by atoms with van der Waals surface area (Å²) in [5.74, 6) is 1.00. The Morgan fingerprint density at radius 3 is 2.67 bits per heavy atom. The molecule has 1 aliphatic heterocycles. The number of nitrogens with zero attached hydrogens (tertiary/aromatic N) is 3. The SMILES string of the molecule is CCOc1ccc(CNC(=O)Cn2cnc(S(=O)(=O)N3CCCCC3)c2)cc1OC. The highest BCUT2D eigenvalue weighted by Gasteiger charge is 2.28. The molecule has 1 fully saturated rings. The Balaban J connectivity index is 1.57. The topological polar surface area (TPSA) is 103 Å². The summed E-state index contributed by atoms with van der Waals surface area (Å²) in [4.78, 5) is 16.3. The fourth-order valence-electron chi connectivity index (χ4n) is 3.32. The van der Waals surface area contributed by atoms with Crippen molar-refractivity contribution in [2.24, 2.45) is 0 Å². The maximum absolute atomic E-state index is 12.7. The summed E-state index contributed by atoms with van der Waals surface area (Å²) in [6.07, 6.45) is 5.54. The van der Waals surface area contributed by atoms with Crippen LogP contribution in [0.4, 0.5) is 0 Å². The van der Waals surface area contributed by atoms with E-state index in [9.17, 15) is 13.2 Å².